The molecule has 2 aromatic rings. The van der Waals surface area contributed by atoms with Gasteiger partial charge in [0.1, 0.15) is 0 Å². The zero-order valence-corrected chi connectivity index (χ0v) is 15.5. The topological polar surface area (TPSA) is 95.8 Å². The van der Waals surface area contributed by atoms with Crippen LogP contribution in [-0.4, -0.2) is 72.3 Å². The van der Waals surface area contributed by atoms with Crippen LogP contribution >= 0.6 is 0 Å². The van der Waals surface area contributed by atoms with Crippen LogP contribution in [0.1, 0.15) is 11.7 Å². The number of rotatable bonds is 6. The summed E-state index contributed by atoms with van der Waals surface area (Å²) in [5.41, 5.74) is 1.72. The van der Waals surface area contributed by atoms with Gasteiger partial charge in [-0.1, -0.05) is 18.2 Å². The van der Waals surface area contributed by atoms with E-state index in [2.05, 4.69) is 15.5 Å². The molecule has 0 radical (unpaired) electrons. The maximum absolute atomic E-state index is 12.0. The third-order valence-corrected chi connectivity index (χ3v) is 4.77. The fraction of sp³-hybridized carbons (Fsp3) is 0.474. The Morgan fingerprint density at radius 1 is 1.19 bits per heavy atom. The molecular weight excluding hydrogens is 348 g/mol. The van der Waals surface area contributed by atoms with Gasteiger partial charge in [-0.05, 0) is 6.07 Å². The van der Waals surface area contributed by atoms with E-state index in [1.807, 2.05) is 42.1 Å². The van der Waals surface area contributed by atoms with E-state index in [-0.39, 0.29) is 6.54 Å². The summed E-state index contributed by atoms with van der Waals surface area (Å²) in [4.78, 5) is 26.0. The summed E-state index contributed by atoms with van der Waals surface area (Å²) in [7, 11) is 1.90. The molecule has 8 nitrogen and oxygen atoms in total. The van der Waals surface area contributed by atoms with Crippen LogP contribution in [0.3, 0.4) is 0 Å². The second-order valence-corrected chi connectivity index (χ2v) is 6.65. The maximum atomic E-state index is 12.0. The van der Waals surface area contributed by atoms with Gasteiger partial charge >= 0.3 is 11.8 Å². The predicted molar refractivity (Wildman–Crippen MR) is 101 cm³/mol. The van der Waals surface area contributed by atoms with Crippen LogP contribution in [0.5, 0.6) is 0 Å². The summed E-state index contributed by atoms with van der Waals surface area (Å²) >= 11 is 0. The summed E-state index contributed by atoms with van der Waals surface area (Å²) < 4.78 is 7.19. The van der Waals surface area contributed by atoms with Gasteiger partial charge in [-0.2, -0.15) is 0 Å². The number of aryl methyl sites for hydroxylation is 1. The zero-order chi connectivity index (χ0) is 19.2. The fourth-order valence-electron chi connectivity index (χ4n) is 3.25. The third-order valence-electron chi connectivity index (χ3n) is 4.77. The van der Waals surface area contributed by atoms with Crippen molar-refractivity contribution in [3.8, 4) is 0 Å². The van der Waals surface area contributed by atoms with Crippen LogP contribution in [-0.2, 0) is 21.4 Å². The monoisotopic (exact) mass is 374 g/mol. The number of fused-ring (bicyclic) bond motifs is 1. The van der Waals surface area contributed by atoms with E-state index < -0.39 is 17.9 Å². The molecule has 1 aromatic heterocycles. The van der Waals surface area contributed by atoms with E-state index in [0.717, 1.165) is 29.6 Å². The Kier molecular flexibility index (Phi) is 6.44. The second-order valence-electron chi connectivity index (χ2n) is 6.65. The number of para-hydroxylation sites is 1. The molecule has 1 saturated heterocycles. The molecule has 1 aromatic carbocycles. The van der Waals surface area contributed by atoms with Gasteiger partial charge in [0.05, 0.1) is 19.3 Å². The number of benzene rings is 1. The molecule has 146 valence electrons. The summed E-state index contributed by atoms with van der Waals surface area (Å²) in [6.45, 7) is 4.11. The number of hydrogen-bond acceptors (Lipinski definition) is 5. The molecule has 1 atom stereocenters. The largest absolute Gasteiger partial charge is 0.386 e. The minimum atomic E-state index is -0.888. The molecule has 1 aliphatic rings. The highest BCUT2D eigenvalue weighted by atomic mass is 16.5. The molecule has 0 spiro atoms. The van der Waals surface area contributed by atoms with Gasteiger partial charge in [0.2, 0.25) is 0 Å². The first-order valence-electron chi connectivity index (χ1n) is 9.14. The van der Waals surface area contributed by atoms with Gasteiger partial charge in [0.15, 0.2) is 0 Å². The molecule has 1 aliphatic heterocycles. The number of aliphatic hydroxyl groups excluding tert-OH is 1. The smallest absolute Gasteiger partial charge is 0.309 e. The lowest BCUT2D eigenvalue weighted by Gasteiger charge is -2.26. The molecule has 27 heavy (non-hydrogen) atoms. The predicted octanol–water partition coefficient (Wildman–Crippen LogP) is -0.224. The lowest BCUT2D eigenvalue weighted by molar-refractivity contribution is -0.139. The minimum Gasteiger partial charge on any atom is -0.386 e. The number of hydrogen-bond donors (Lipinski definition) is 3. The van der Waals surface area contributed by atoms with Gasteiger partial charge in [-0.3, -0.25) is 14.5 Å². The van der Waals surface area contributed by atoms with E-state index in [4.69, 9.17) is 4.74 Å². The van der Waals surface area contributed by atoms with Crippen LogP contribution in [0.4, 0.5) is 0 Å². The standard InChI is InChI=1S/C19H26N4O4/c1-22-13-15(14-4-2-3-5-16(14)22)17(24)12-21-19(26)18(25)20-6-7-23-8-10-27-11-9-23/h2-5,13,17,24H,6-12H2,1H3,(H,20,25)(H,21,26). The van der Waals surface area contributed by atoms with Crippen molar-refractivity contribution in [1.29, 1.82) is 0 Å². The van der Waals surface area contributed by atoms with Gasteiger partial charge in [0, 0.05) is 62.4 Å². The number of carbonyl (C=O) groups excluding carboxylic acids is 2. The molecule has 0 bridgehead atoms. The van der Waals surface area contributed by atoms with Gasteiger partial charge < -0.3 is 25.0 Å². The van der Waals surface area contributed by atoms with Gasteiger partial charge in [-0.15, -0.1) is 0 Å². The Balaban J connectivity index is 1.45. The molecule has 0 saturated carbocycles. The highest BCUT2D eigenvalue weighted by Crippen LogP contribution is 2.25. The number of nitrogens with zero attached hydrogens (tertiary/aromatic N) is 2. The molecular formula is C19H26N4O4. The Labute approximate surface area is 158 Å². The molecule has 3 N–H and O–H groups in total. The van der Waals surface area contributed by atoms with E-state index >= 15 is 0 Å². The van der Waals surface area contributed by atoms with Crippen LogP contribution in [0.15, 0.2) is 30.5 Å². The Hall–Kier alpha value is -2.42. The SMILES string of the molecule is Cn1cc(C(O)CNC(=O)C(=O)NCCN2CCOCC2)c2ccccc21. The summed E-state index contributed by atoms with van der Waals surface area (Å²) in [6, 6.07) is 7.72. The Morgan fingerprint density at radius 2 is 1.89 bits per heavy atom. The second kappa shape index (κ2) is 8.98. The zero-order valence-electron chi connectivity index (χ0n) is 15.5. The van der Waals surface area contributed by atoms with Crippen LogP contribution in [0, 0.1) is 0 Å². The van der Waals surface area contributed by atoms with Crippen molar-refractivity contribution < 1.29 is 19.4 Å². The number of aromatic nitrogens is 1. The molecule has 8 heteroatoms. The normalized spacial score (nSPS) is 16.2. The van der Waals surface area contributed by atoms with Crippen molar-refractivity contribution in [2.75, 3.05) is 45.9 Å². The van der Waals surface area contributed by atoms with Crippen molar-refractivity contribution in [2.24, 2.45) is 7.05 Å². The minimum absolute atomic E-state index is 0.0241. The van der Waals surface area contributed by atoms with Crippen molar-refractivity contribution in [3.05, 3.63) is 36.0 Å². The summed E-state index contributed by atoms with van der Waals surface area (Å²) in [5, 5.41) is 16.5. The highest BCUT2D eigenvalue weighted by Gasteiger charge is 2.18. The summed E-state index contributed by atoms with van der Waals surface area (Å²) in [5.74, 6) is -1.43. The number of nitrogens with one attached hydrogen (secondary N) is 2. The van der Waals surface area contributed by atoms with Gasteiger partial charge in [-0.25, -0.2) is 0 Å². The maximum Gasteiger partial charge on any atom is 0.309 e. The number of morpholine rings is 1. The van der Waals surface area contributed by atoms with E-state index in [0.29, 0.717) is 26.3 Å². The summed E-state index contributed by atoms with van der Waals surface area (Å²) in [6.07, 6.45) is 0.949. The molecule has 2 amide bonds. The van der Waals surface area contributed by atoms with E-state index in [1.165, 1.54) is 0 Å². The third kappa shape index (κ3) is 4.85. The van der Waals surface area contributed by atoms with E-state index in [9.17, 15) is 14.7 Å². The van der Waals surface area contributed by atoms with E-state index in [1.54, 1.807) is 0 Å². The first-order chi connectivity index (χ1) is 13.1. The Morgan fingerprint density at radius 3 is 2.67 bits per heavy atom. The van der Waals surface area contributed by atoms with Crippen LogP contribution in [0.2, 0.25) is 0 Å². The first-order valence-corrected chi connectivity index (χ1v) is 9.14. The highest BCUT2D eigenvalue weighted by molar-refractivity contribution is 6.35. The van der Waals surface area contributed by atoms with Crippen LogP contribution < -0.4 is 10.6 Å². The molecule has 1 unspecified atom stereocenters. The van der Waals surface area contributed by atoms with Crippen LogP contribution in [0.25, 0.3) is 10.9 Å². The Bertz CT molecular complexity index is 798. The fourth-order valence-corrected chi connectivity index (χ4v) is 3.25. The molecule has 3 rings (SSSR count). The number of ether oxygens (including phenoxy) is 1. The first kappa shape index (κ1) is 19.3. The van der Waals surface area contributed by atoms with Gasteiger partial charge in [0.25, 0.3) is 0 Å². The van der Waals surface area contributed by atoms with Crippen molar-refractivity contribution in [3.63, 3.8) is 0 Å². The molecule has 2 heterocycles. The average molecular weight is 374 g/mol. The quantitative estimate of drug-likeness (QED) is 0.608. The van der Waals surface area contributed by atoms with Crippen molar-refractivity contribution in [1.82, 2.24) is 20.1 Å². The molecule has 0 aliphatic carbocycles. The molecule has 1 fully saturated rings. The number of amides is 2. The lowest BCUT2D eigenvalue weighted by atomic mass is 10.1. The average Bonchev–Trinajstić information content (AvgIpc) is 3.03. The lowest BCUT2D eigenvalue weighted by Crippen LogP contribution is -2.45. The number of aliphatic hydroxyl groups is 1. The van der Waals surface area contributed by atoms with Crippen molar-refractivity contribution in [2.45, 2.75) is 6.10 Å². The van der Waals surface area contributed by atoms with Crippen molar-refractivity contribution >= 4 is 22.7 Å². The number of carbonyl (C=O) groups is 2.